The summed E-state index contributed by atoms with van der Waals surface area (Å²) in [4.78, 5) is 8.74. The number of aryl methyl sites for hydroxylation is 1. The molecule has 62 valence electrons. The van der Waals surface area contributed by atoms with E-state index < -0.39 is 0 Å². The molecule has 4 heteroatoms. The molecule has 4 nitrogen and oxygen atoms in total. The van der Waals surface area contributed by atoms with Crippen molar-refractivity contribution in [2.75, 3.05) is 0 Å². The molecule has 0 aliphatic rings. The topological polar surface area (TPSA) is 53.1 Å². The van der Waals surface area contributed by atoms with E-state index in [1.165, 1.54) is 0 Å². The zero-order valence-corrected chi connectivity index (χ0v) is 6.69. The highest BCUT2D eigenvalue weighted by Crippen LogP contribution is 2.17. The van der Waals surface area contributed by atoms with Crippen LogP contribution in [0.15, 0.2) is 24.5 Å². The van der Waals surface area contributed by atoms with E-state index in [1.807, 2.05) is 23.7 Å². The van der Waals surface area contributed by atoms with Gasteiger partial charge in [0.15, 0.2) is 0 Å². The quantitative estimate of drug-likeness (QED) is 0.633. The van der Waals surface area contributed by atoms with Crippen molar-refractivity contribution < 1.29 is 4.84 Å². The number of aromatic nitrogens is 2. The number of nitrogens with zero attached hydrogens (tertiary/aromatic N) is 2. The van der Waals surface area contributed by atoms with E-state index in [1.54, 1.807) is 12.4 Å². The molecule has 12 heavy (non-hydrogen) atoms. The molecule has 0 aliphatic heterocycles. The van der Waals surface area contributed by atoms with Gasteiger partial charge in [-0.05, 0) is 12.1 Å². The summed E-state index contributed by atoms with van der Waals surface area (Å²) >= 11 is 0. The van der Waals surface area contributed by atoms with Crippen molar-refractivity contribution in [3.63, 3.8) is 0 Å². The molecule has 2 rings (SSSR count). The first kappa shape index (κ1) is 7.12. The highest BCUT2D eigenvalue weighted by Gasteiger charge is 2.00. The Morgan fingerprint density at radius 3 is 3.08 bits per heavy atom. The summed E-state index contributed by atoms with van der Waals surface area (Å²) in [6, 6.07) is 5.53. The van der Waals surface area contributed by atoms with Gasteiger partial charge < -0.3 is 9.40 Å². The normalized spacial score (nSPS) is 10.5. The van der Waals surface area contributed by atoms with Gasteiger partial charge in [-0.3, -0.25) is 0 Å². The van der Waals surface area contributed by atoms with Crippen LogP contribution in [0.3, 0.4) is 0 Å². The number of hydrogen-bond acceptors (Lipinski definition) is 3. The molecule has 0 radical (unpaired) electrons. The van der Waals surface area contributed by atoms with Crippen LogP contribution in [0.4, 0.5) is 0 Å². The molecular formula is C8H9N3O. The van der Waals surface area contributed by atoms with E-state index in [2.05, 4.69) is 9.82 Å². The fraction of sp³-hybridized carbons (Fsp3) is 0.125. The Labute approximate surface area is 69.5 Å². The average Bonchev–Trinajstić information content (AvgIpc) is 2.47. The van der Waals surface area contributed by atoms with Crippen molar-refractivity contribution in [1.82, 2.24) is 9.55 Å². The molecule has 2 aromatic rings. The molecule has 0 atom stereocenters. The van der Waals surface area contributed by atoms with Crippen LogP contribution in [-0.4, -0.2) is 9.55 Å². The van der Waals surface area contributed by atoms with Crippen LogP contribution in [0.1, 0.15) is 0 Å². The van der Waals surface area contributed by atoms with Crippen LogP contribution in [0, 0.1) is 0 Å². The van der Waals surface area contributed by atoms with E-state index >= 15 is 0 Å². The van der Waals surface area contributed by atoms with Gasteiger partial charge in [0.05, 0.1) is 17.4 Å². The maximum Gasteiger partial charge on any atom is 0.149 e. The van der Waals surface area contributed by atoms with Gasteiger partial charge in [-0.15, -0.1) is 0 Å². The van der Waals surface area contributed by atoms with Crippen molar-refractivity contribution in [2.45, 2.75) is 0 Å². The maximum absolute atomic E-state index is 5.01. The molecular weight excluding hydrogens is 154 g/mol. The highest BCUT2D eigenvalue weighted by atomic mass is 16.6. The largest absolute Gasteiger partial charge is 0.411 e. The van der Waals surface area contributed by atoms with Crippen LogP contribution in [0.2, 0.25) is 0 Å². The number of benzene rings is 1. The Balaban J connectivity index is 2.69. The van der Waals surface area contributed by atoms with Crippen molar-refractivity contribution in [2.24, 2.45) is 12.9 Å². The van der Waals surface area contributed by atoms with E-state index in [0.717, 1.165) is 11.0 Å². The van der Waals surface area contributed by atoms with Gasteiger partial charge >= 0.3 is 0 Å². The number of nitrogens with two attached hydrogens (primary N) is 1. The lowest BCUT2D eigenvalue weighted by atomic mass is 10.3. The lowest BCUT2D eigenvalue weighted by Gasteiger charge is -1.97. The van der Waals surface area contributed by atoms with Crippen LogP contribution in [0.5, 0.6) is 5.75 Å². The smallest absolute Gasteiger partial charge is 0.149 e. The number of imidazole rings is 1. The van der Waals surface area contributed by atoms with Gasteiger partial charge in [0, 0.05) is 13.1 Å². The second-order valence-electron chi connectivity index (χ2n) is 2.62. The molecule has 0 fully saturated rings. The standard InChI is InChI=1S/C8H9N3O/c1-11-5-10-7-4-6(12-9)2-3-8(7)11/h2-5H,9H2,1H3. The minimum atomic E-state index is 0.626. The Hall–Kier alpha value is -1.55. The van der Waals surface area contributed by atoms with E-state index in [-0.39, 0.29) is 0 Å². The lowest BCUT2D eigenvalue weighted by molar-refractivity contribution is 0.335. The van der Waals surface area contributed by atoms with Crippen molar-refractivity contribution in [3.05, 3.63) is 24.5 Å². The van der Waals surface area contributed by atoms with Gasteiger partial charge in [-0.1, -0.05) is 0 Å². The number of rotatable bonds is 1. The molecule has 0 saturated heterocycles. The summed E-state index contributed by atoms with van der Waals surface area (Å²) in [6.07, 6.45) is 1.75. The van der Waals surface area contributed by atoms with Crippen LogP contribution < -0.4 is 10.7 Å². The summed E-state index contributed by atoms with van der Waals surface area (Å²) in [7, 11) is 1.94. The number of hydrogen-bond donors (Lipinski definition) is 1. The Bertz CT molecular complexity index is 408. The monoisotopic (exact) mass is 163 g/mol. The second kappa shape index (κ2) is 2.49. The molecule has 0 unspecified atom stereocenters. The van der Waals surface area contributed by atoms with Gasteiger partial charge in [-0.25, -0.2) is 4.98 Å². The van der Waals surface area contributed by atoms with Crippen molar-refractivity contribution in [1.29, 1.82) is 0 Å². The minimum Gasteiger partial charge on any atom is -0.411 e. The summed E-state index contributed by atoms with van der Waals surface area (Å²) < 4.78 is 1.94. The second-order valence-corrected chi connectivity index (χ2v) is 2.62. The summed E-state index contributed by atoms with van der Waals surface area (Å²) in [5.74, 6) is 5.64. The zero-order valence-electron chi connectivity index (χ0n) is 6.69. The average molecular weight is 163 g/mol. The first-order valence-electron chi connectivity index (χ1n) is 3.59. The molecule has 0 spiro atoms. The van der Waals surface area contributed by atoms with Crippen molar-refractivity contribution >= 4 is 11.0 Å². The number of fused-ring (bicyclic) bond motifs is 1. The van der Waals surface area contributed by atoms with Gasteiger partial charge in [0.25, 0.3) is 0 Å². The third-order valence-corrected chi connectivity index (χ3v) is 1.83. The van der Waals surface area contributed by atoms with Gasteiger partial charge in [0.2, 0.25) is 0 Å². The molecule has 0 bridgehead atoms. The maximum atomic E-state index is 5.01. The summed E-state index contributed by atoms with van der Waals surface area (Å²) in [6.45, 7) is 0. The molecule has 0 aliphatic carbocycles. The lowest BCUT2D eigenvalue weighted by Crippen LogP contribution is -2.01. The van der Waals surface area contributed by atoms with Crippen molar-refractivity contribution in [3.8, 4) is 5.75 Å². The third-order valence-electron chi connectivity index (χ3n) is 1.83. The van der Waals surface area contributed by atoms with Crippen LogP contribution in [-0.2, 0) is 7.05 Å². The molecule has 1 aromatic carbocycles. The van der Waals surface area contributed by atoms with E-state index in [9.17, 15) is 0 Å². The predicted molar refractivity (Wildman–Crippen MR) is 45.5 cm³/mol. The molecule has 0 saturated carbocycles. The summed E-state index contributed by atoms with van der Waals surface area (Å²) in [5.41, 5.74) is 1.95. The third kappa shape index (κ3) is 0.931. The zero-order chi connectivity index (χ0) is 8.55. The predicted octanol–water partition coefficient (Wildman–Crippen LogP) is 0.826. The van der Waals surface area contributed by atoms with Crippen LogP contribution in [0.25, 0.3) is 11.0 Å². The fourth-order valence-corrected chi connectivity index (χ4v) is 1.19. The minimum absolute atomic E-state index is 0.626. The van der Waals surface area contributed by atoms with E-state index in [4.69, 9.17) is 5.90 Å². The SMILES string of the molecule is Cn1cnc2cc(ON)ccc21. The Morgan fingerprint density at radius 2 is 2.33 bits per heavy atom. The molecule has 1 aromatic heterocycles. The first-order chi connectivity index (χ1) is 5.81. The first-order valence-corrected chi connectivity index (χ1v) is 3.59. The highest BCUT2D eigenvalue weighted by molar-refractivity contribution is 5.76. The fourth-order valence-electron chi connectivity index (χ4n) is 1.19. The van der Waals surface area contributed by atoms with Crippen LogP contribution >= 0.6 is 0 Å². The Morgan fingerprint density at radius 1 is 1.50 bits per heavy atom. The molecule has 0 amide bonds. The Kier molecular flexibility index (Phi) is 1.48. The molecule has 1 heterocycles. The van der Waals surface area contributed by atoms with Gasteiger partial charge in [0.1, 0.15) is 5.75 Å². The van der Waals surface area contributed by atoms with E-state index in [0.29, 0.717) is 5.75 Å². The van der Waals surface area contributed by atoms with Gasteiger partial charge in [-0.2, -0.15) is 5.90 Å². The summed E-state index contributed by atoms with van der Waals surface area (Å²) in [5, 5.41) is 0. The molecule has 2 N–H and O–H groups in total.